The van der Waals surface area contributed by atoms with E-state index in [0.29, 0.717) is 35.3 Å². The number of carbonyl (C=O) groups excluding carboxylic acids is 3. The lowest BCUT2D eigenvalue weighted by Gasteiger charge is -2.11. The first-order valence-electron chi connectivity index (χ1n) is 11.4. The Bertz CT molecular complexity index is 1350. The Balaban J connectivity index is 1.55. The van der Waals surface area contributed by atoms with Crippen LogP contribution >= 0.6 is 0 Å². The molecule has 0 bridgehead atoms. The van der Waals surface area contributed by atoms with Crippen LogP contribution in [0.25, 0.3) is 10.9 Å². The molecule has 0 radical (unpaired) electrons. The van der Waals surface area contributed by atoms with Crippen LogP contribution in [0, 0.1) is 13.8 Å². The largest absolute Gasteiger partial charge is 0.462 e. The number of nitrogens with one attached hydrogen (secondary N) is 1. The summed E-state index contributed by atoms with van der Waals surface area (Å²) in [6, 6.07) is 4.59. The minimum Gasteiger partial charge on any atom is -0.462 e. The summed E-state index contributed by atoms with van der Waals surface area (Å²) in [6.07, 6.45) is 3.67. The van der Waals surface area contributed by atoms with Crippen molar-refractivity contribution in [2.45, 2.75) is 53.0 Å². The second-order valence-electron chi connectivity index (χ2n) is 8.37. The van der Waals surface area contributed by atoms with Crippen LogP contribution in [0.5, 0.6) is 0 Å². The quantitative estimate of drug-likeness (QED) is 0.438. The van der Waals surface area contributed by atoms with E-state index in [9.17, 15) is 19.2 Å². The van der Waals surface area contributed by atoms with Crippen LogP contribution < -0.4 is 5.56 Å². The molecule has 0 saturated heterocycles. The molecule has 1 aliphatic rings. The molecule has 0 fully saturated rings. The number of hydrogen-bond donors (Lipinski definition) is 1. The number of aromatic nitrogens is 3. The number of ether oxygens (including phenoxy) is 2. The number of Topliss-reactive ketones (excluding diaryl/α,β-unsaturated/α-hetero) is 1. The maximum Gasteiger partial charge on any atom is 0.340 e. The van der Waals surface area contributed by atoms with Crippen LogP contribution in [0.3, 0.4) is 0 Å². The van der Waals surface area contributed by atoms with E-state index < -0.39 is 24.3 Å². The summed E-state index contributed by atoms with van der Waals surface area (Å²) in [5, 5.41) is 0.441. The van der Waals surface area contributed by atoms with E-state index >= 15 is 0 Å². The van der Waals surface area contributed by atoms with Crippen molar-refractivity contribution in [3.05, 3.63) is 62.5 Å². The Labute approximate surface area is 196 Å². The van der Waals surface area contributed by atoms with Crippen molar-refractivity contribution in [1.29, 1.82) is 0 Å². The van der Waals surface area contributed by atoms with Gasteiger partial charge in [0.25, 0.3) is 5.56 Å². The van der Waals surface area contributed by atoms with Gasteiger partial charge in [0, 0.05) is 24.4 Å². The van der Waals surface area contributed by atoms with Gasteiger partial charge in [0.05, 0.1) is 34.2 Å². The summed E-state index contributed by atoms with van der Waals surface area (Å²) in [7, 11) is 0. The second-order valence-corrected chi connectivity index (χ2v) is 8.37. The van der Waals surface area contributed by atoms with Gasteiger partial charge in [-0.1, -0.05) is 6.42 Å². The zero-order valence-electron chi connectivity index (χ0n) is 19.5. The number of fused-ring (bicyclic) bond motifs is 2. The first-order valence-corrected chi connectivity index (χ1v) is 11.4. The van der Waals surface area contributed by atoms with Gasteiger partial charge < -0.3 is 14.5 Å². The van der Waals surface area contributed by atoms with Crippen molar-refractivity contribution in [3.8, 4) is 0 Å². The number of esters is 2. The van der Waals surface area contributed by atoms with E-state index in [0.717, 1.165) is 25.1 Å². The monoisotopic (exact) mass is 465 g/mol. The van der Waals surface area contributed by atoms with Crippen LogP contribution in [-0.4, -0.2) is 45.5 Å². The smallest absolute Gasteiger partial charge is 0.340 e. The van der Waals surface area contributed by atoms with Gasteiger partial charge in [-0.15, -0.1) is 0 Å². The zero-order valence-corrected chi connectivity index (χ0v) is 19.5. The summed E-state index contributed by atoms with van der Waals surface area (Å²) in [4.78, 5) is 58.3. The lowest BCUT2D eigenvalue weighted by atomic mass is 10.1. The van der Waals surface area contributed by atoms with Crippen LogP contribution in [0.2, 0.25) is 0 Å². The molecule has 0 saturated carbocycles. The van der Waals surface area contributed by atoms with Crippen molar-refractivity contribution in [2.24, 2.45) is 0 Å². The van der Waals surface area contributed by atoms with Gasteiger partial charge in [-0.2, -0.15) is 0 Å². The van der Waals surface area contributed by atoms with Gasteiger partial charge >= 0.3 is 11.9 Å². The predicted molar refractivity (Wildman–Crippen MR) is 124 cm³/mol. The van der Waals surface area contributed by atoms with Crippen LogP contribution in [0.15, 0.2) is 23.0 Å². The number of carbonyl (C=O) groups is 3. The van der Waals surface area contributed by atoms with Crippen LogP contribution in [-0.2, 0) is 22.4 Å². The third kappa shape index (κ3) is 4.37. The van der Waals surface area contributed by atoms with E-state index in [1.54, 1.807) is 31.4 Å². The van der Waals surface area contributed by atoms with E-state index in [2.05, 4.69) is 9.97 Å². The van der Waals surface area contributed by atoms with Gasteiger partial charge in [0.1, 0.15) is 5.82 Å². The lowest BCUT2D eigenvalue weighted by Crippen LogP contribution is -2.24. The van der Waals surface area contributed by atoms with E-state index in [1.165, 1.54) is 12.1 Å². The third-order valence-electron chi connectivity index (χ3n) is 6.02. The fraction of sp³-hybridized carbons (Fsp3) is 0.400. The van der Waals surface area contributed by atoms with Crippen LogP contribution in [0.4, 0.5) is 0 Å². The molecule has 0 amide bonds. The Morgan fingerprint density at radius 2 is 1.79 bits per heavy atom. The molecule has 3 aromatic rings. The predicted octanol–water partition coefficient (Wildman–Crippen LogP) is 3.28. The van der Waals surface area contributed by atoms with Gasteiger partial charge in [-0.3, -0.25) is 14.2 Å². The SMILES string of the molecule is CCOC(=O)c1c(C)[nH]c(C)c1C(=O)COC(=O)c1ccc2c(=O)n3c(nc2c1)CCCCC3. The Morgan fingerprint density at radius 1 is 1.03 bits per heavy atom. The summed E-state index contributed by atoms with van der Waals surface area (Å²) < 4.78 is 12.0. The minimum atomic E-state index is -0.713. The number of nitrogens with zero attached hydrogens (tertiary/aromatic N) is 2. The molecule has 1 N–H and O–H groups in total. The summed E-state index contributed by atoms with van der Waals surface area (Å²) in [5.41, 5.74) is 1.83. The Hall–Kier alpha value is -3.75. The molecular formula is C25H27N3O6. The molecule has 1 aliphatic heterocycles. The average molecular weight is 466 g/mol. The molecule has 0 spiro atoms. The first kappa shape index (κ1) is 23.4. The molecule has 34 heavy (non-hydrogen) atoms. The normalized spacial score (nSPS) is 13.3. The highest BCUT2D eigenvalue weighted by Crippen LogP contribution is 2.21. The maximum atomic E-state index is 12.9. The third-order valence-corrected chi connectivity index (χ3v) is 6.02. The average Bonchev–Trinajstić information content (AvgIpc) is 2.96. The van der Waals surface area contributed by atoms with Crippen molar-refractivity contribution >= 4 is 28.6 Å². The van der Waals surface area contributed by atoms with Crippen molar-refractivity contribution in [2.75, 3.05) is 13.2 Å². The number of H-pyrrole nitrogens is 1. The molecule has 0 atom stereocenters. The highest BCUT2D eigenvalue weighted by Gasteiger charge is 2.26. The second kappa shape index (κ2) is 9.62. The van der Waals surface area contributed by atoms with Crippen molar-refractivity contribution in [3.63, 3.8) is 0 Å². The fourth-order valence-electron chi connectivity index (χ4n) is 4.42. The van der Waals surface area contributed by atoms with Crippen molar-refractivity contribution < 1.29 is 23.9 Å². The molecule has 0 unspecified atom stereocenters. The number of aromatic amines is 1. The van der Waals surface area contributed by atoms with Crippen molar-refractivity contribution in [1.82, 2.24) is 14.5 Å². The summed E-state index contributed by atoms with van der Waals surface area (Å²) >= 11 is 0. The number of rotatable bonds is 6. The molecule has 2 aromatic heterocycles. The van der Waals surface area contributed by atoms with E-state index in [4.69, 9.17) is 9.47 Å². The van der Waals surface area contributed by atoms with E-state index in [-0.39, 0.29) is 28.9 Å². The Morgan fingerprint density at radius 3 is 2.56 bits per heavy atom. The molecule has 9 heteroatoms. The molecule has 9 nitrogen and oxygen atoms in total. The maximum absolute atomic E-state index is 12.9. The minimum absolute atomic E-state index is 0.109. The number of aryl methyl sites for hydroxylation is 3. The van der Waals surface area contributed by atoms with Gasteiger partial charge in [-0.25, -0.2) is 14.6 Å². The standard InChI is InChI=1S/C25H27N3O6/c1-4-33-25(32)22-15(3)26-14(2)21(22)19(29)13-34-24(31)16-9-10-17-18(12-16)27-20-8-6-5-7-11-28(20)23(17)30/h9-10,12,26H,4-8,11,13H2,1-3H3. The number of hydrogen-bond acceptors (Lipinski definition) is 7. The fourth-order valence-corrected chi connectivity index (χ4v) is 4.42. The zero-order chi connectivity index (χ0) is 24.4. The van der Waals surface area contributed by atoms with Gasteiger partial charge in [0.2, 0.25) is 5.78 Å². The number of ketones is 1. The molecule has 178 valence electrons. The highest BCUT2D eigenvalue weighted by atomic mass is 16.5. The highest BCUT2D eigenvalue weighted by molar-refractivity contribution is 6.09. The molecular weight excluding hydrogens is 438 g/mol. The summed E-state index contributed by atoms with van der Waals surface area (Å²) in [6.45, 7) is 5.30. The van der Waals surface area contributed by atoms with Gasteiger partial charge in [0.15, 0.2) is 6.61 Å². The summed E-state index contributed by atoms with van der Waals surface area (Å²) in [5.74, 6) is -1.11. The Kier molecular flexibility index (Phi) is 6.63. The molecule has 3 heterocycles. The molecule has 0 aliphatic carbocycles. The number of benzene rings is 1. The molecule has 4 rings (SSSR count). The van der Waals surface area contributed by atoms with E-state index in [1.807, 2.05) is 0 Å². The molecule has 1 aromatic carbocycles. The topological polar surface area (TPSA) is 120 Å². The first-order chi connectivity index (χ1) is 16.3. The van der Waals surface area contributed by atoms with Gasteiger partial charge in [-0.05, 0) is 51.8 Å². The lowest BCUT2D eigenvalue weighted by molar-refractivity contribution is 0.0472. The van der Waals surface area contributed by atoms with Crippen LogP contribution in [0.1, 0.15) is 74.5 Å².